The van der Waals surface area contributed by atoms with E-state index in [4.69, 9.17) is 5.26 Å². The summed E-state index contributed by atoms with van der Waals surface area (Å²) in [4.78, 5) is 0. The van der Waals surface area contributed by atoms with Gasteiger partial charge in [-0.2, -0.15) is 10.4 Å². The smallest absolute Gasteiger partial charge is 0.125 e. The summed E-state index contributed by atoms with van der Waals surface area (Å²) in [5, 5.41) is 14.4. The van der Waals surface area contributed by atoms with Gasteiger partial charge in [-0.05, 0) is 31.2 Å². The second kappa shape index (κ2) is 4.21. The number of nitriles is 1. The van der Waals surface area contributed by atoms with Crippen molar-refractivity contribution in [1.82, 2.24) is 9.78 Å². The lowest BCUT2D eigenvalue weighted by Crippen LogP contribution is -1.99. The summed E-state index contributed by atoms with van der Waals surface area (Å²) >= 11 is 0. The van der Waals surface area contributed by atoms with E-state index in [0.717, 1.165) is 11.1 Å². The van der Waals surface area contributed by atoms with Crippen LogP contribution in [-0.2, 0) is 0 Å². The van der Waals surface area contributed by atoms with Gasteiger partial charge in [0.25, 0.3) is 0 Å². The zero-order chi connectivity index (χ0) is 13.4. The highest BCUT2D eigenvalue weighted by molar-refractivity contribution is 5.83. The van der Waals surface area contributed by atoms with Gasteiger partial charge in [-0.15, -0.1) is 0 Å². The Balaban J connectivity index is 2.37. The fourth-order valence-corrected chi connectivity index (χ4v) is 2.18. The molecule has 0 N–H and O–H groups in total. The molecule has 0 spiro atoms. The van der Waals surface area contributed by atoms with Crippen LogP contribution < -0.4 is 0 Å². The van der Waals surface area contributed by atoms with Crippen molar-refractivity contribution in [2.75, 3.05) is 0 Å². The van der Waals surface area contributed by atoms with Crippen molar-refractivity contribution in [3.63, 3.8) is 0 Å². The van der Waals surface area contributed by atoms with E-state index in [2.05, 4.69) is 11.2 Å². The van der Waals surface area contributed by atoms with Gasteiger partial charge in [0.05, 0.1) is 22.5 Å². The van der Waals surface area contributed by atoms with Crippen LogP contribution >= 0.6 is 0 Å². The fourth-order valence-electron chi connectivity index (χ4n) is 2.18. The Morgan fingerprint density at radius 3 is 2.79 bits per heavy atom. The molecule has 3 aromatic rings. The number of hydrogen-bond acceptors (Lipinski definition) is 2. The topological polar surface area (TPSA) is 41.6 Å². The summed E-state index contributed by atoms with van der Waals surface area (Å²) in [6.45, 7) is 1.87. The van der Waals surface area contributed by atoms with Crippen molar-refractivity contribution in [3.05, 3.63) is 59.5 Å². The number of fused-ring (bicyclic) bond motifs is 1. The number of halogens is 1. The van der Waals surface area contributed by atoms with Crippen molar-refractivity contribution in [3.8, 4) is 11.8 Å². The van der Waals surface area contributed by atoms with Crippen molar-refractivity contribution in [2.24, 2.45) is 0 Å². The number of benzene rings is 2. The Hall–Kier alpha value is -2.67. The predicted octanol–water partition coefficient (Wildman–Crippen LogP) is 3.34. The predicted molar refractivity (Wildman–Crippen MR) is 70.5 cm³/mol. The number of hydrogen-bond donors (Lipinski definition) is 0. The molecule has 0 saturated carbocycles. The molecular formula is C15H10FN3. The SMILES string of the molecule is Cc1nn(-c2ccccc2C#N)c2cc(F)ccc12. The zero-order valence-electron chi connectivity index (χ0n) is 10.3. The third-order valence-corrected chi connectivity index (χ3v) is 3.08. The molecule has 1 aromatic heterocycles. The van der Waals surface area contributed by atoms with E-state index in [-0.39, 0.29) is 5.82 Å². The third-order valence-electron chi connectivity index (χ3n) is 3.08. The van der Waals surface area contributed by atoms with Gasteiger partial charge in [0.15, 0.2) is 0 Å². The molecular weight excluding hydrogens is 241 g/mol. The molecule has 0 saturated heterocycles. The Morgan fingerprint density at radius 1 is 1.21 bits per heavy atom. The molecule has 0 aliphatic heterocycles. The van der Waals surface area contributed by atoms with Crippen LogP contribution in [0.4, 0.5) is 4.39 Å². The van der Waals surface area contributed by atoms with E-state index in [9.17, 15) is 4.39 Å². The third kappa shape index (κ3) is 1.76. The first kappa shape index (κ1) is 11.4. The van der Waals surface area contributed by atoms with E-state index in [1.165, 1.54) is 12.1 Å². The quantitative estimate of drug-likeness (QED) is 0.665. The maximum atomic E-state index is 13.4. The number of para-hydroxylation sites is 1. The van der Waals surface area contributed by atoms with Gasteiger partial charge in [-0.25, -0.2) is 9.07 Å². The monoisotopic (exact) mass is 251 g/mol. The fraction of sp³-hybridized carbons (Fsp3) is 0.0667. The molecule has 0 bridgehead atoms. The summed E-state index contributed by atoms with van der Waals surface area (Å²) in [7, 11) is 0. The molecule has 1 heterocycles. The van der Waals surface area contributed by atoms with Crippen molar-refractivity contribution in [1.29, 1.82) is 5.26 Å². The second-order valence-corrected chi connectivity index (χ2v) is 4.29. The molecule has 3 rings (SSSR count). The lowest BCUT2D eigenvalue weighted by molar-refractivity contribution is 0.629. The van der Waals surface area contributed by atoms with Crippen molar-refractivity contribution in [2.45, 2.75) is 6.92 Å². The molecule has 0 radical (unpaired) electrons. The maximum Gasteiger partial charge on any atom is 0.125 e. The highest BCUT2D eigenvalue weighted by atomic mass is 19.1. The number of aryl methyl sites for hydroxylation is 1. The average Bonchev–Trinajstić information content (AvgIpc) is 2.75. The molecule has 0 unspecified atom stereocenters. The Labute approximate surface area is 109 Å². The highest BCUT2D eigenvalue weighted by Gasteiger charge is 2.12. The molecule has 0 atom stereocenters. The standard InChI is InChI=1S/C15H10FN3/c1-10-13-7-6-12(16)8-15(13)19(18-10)14-5-3-2-4-11(14)9-17/h2-8H,1H3. The van der Waals surface area contributed by atoms with Gasteiger partial charge in [0, 0.05) is 11.5 Å². The first-order valence-electron chi connectivity index (χ1n) is 5.85. The van der Waals surface area contributed by atoms with Crippen molar-refractivity contribution < 1.29 is 4.39 Å². The summed E-state index contributed by atoms with van der Waals surface area (Å²) in [6.07, 6.45) is 0. The molecule has 0 amide bonds. The van der Waals surface area contributed by atoms with Gasteiger partial charge < -0.3 is 0 Å². The lowest BCUT2D eigenvalue weighted by Gasteiger charge is -2.05. The maximum absolute atomic E-state index is 13.4. The van der Waals surface area contributed by atoms with Gasteiger partial charge in [-0.3, -0.25) is 0 Å². The highest BCUT2D eigenvalue weighted by Crippen LogP contribution is 2.24. The lowest BCUT2D eigenvalue weighted by atomic mass is 10.2. The number of nitrogens with zero attached hydrogens (tertiary/aromatic N) is 3. The summed E-state index contributed by atoms with van der Waals surface area (Å²) in [5.41, 5.74) is 2.65. The van der Waals surface area contributed by atoms with Crippen LogP contribution in [0.5, 0.6) is 0 Å². The summed E-state index contributed by atoms with van der Waals surface area (Å²) in [5.74, 6) is -0.317. The minimum absolute atomic E-state index is 0.317. The van der Waals surface area contributed by atoms with Gasteiger partial charge in [0.1, 0.15) is 11.9 Å². The molecule has 19 heavy (non-hydrogen) atoms. The van der Waals surface area contributed by atoms with E-state index in [1.807, 2.05) is 13.0 Å². The second-order valence-electron chi connectivity index (χ2n) is 4.29. The molecule has 0 aliphatic carbocycles. The minimum Gasteiger partial charge on any atom is -0.231 e. The summed E-state index contributed by atoms with van der Waals surface area (Å²) in [6, 6.07) is 13.8. The van der Waals surface area contributed by atoms with Crippen LogP contribution in [0.1, 0.15) is 11.3 Å². The van der Waals surface area contributed by atoms with Gasteiger partial charge >= 0.3 is 0 Å². The van der Waals surface area contributed by atoms with Crippen molar-refractivity contribution >= 4 is 10.9 Å². The van der Waals surface area contributed by atoms with Crippen LogP contribution in [0.25, 0.3) is 16.6 Å². The van der Waals surface area contributed by atoms with Crippen LogP contribution in [0.2, 0.25) is 0 Å². The first-order valence-corrected chi connectivity index (χ1v) is 5.85. The minimum atomic E-state index is -0.317. The number of aromatic nitrogens is 2. The zero-order valence-corrected chi connectivity index (χ0v) is 10.3. The van der Waals surface area contributed by atoms with Gasteiger partial charge in [0.2, 0.25) is 0 Å². The number of rotatable bonds is 1. The molecule has 3 nitrogen and oxygen atoms in total. The molecule has 0 aliphatic rings. The molecule has 4 heteroatoms. The van der Waals surface area contributed by atoms with Crippen LogP contribution in [0, 0.1) is 24.1 Å². The van der Waals surface area contributed by atoms with E-state index in [0.29, 0.717) is 16.8 Å². The Morgan fingerprint density at radius 2 is 2.00 bits per heavy atom. The Bertz CT molecular complexity index is 812. The van der Waals surface area contributed by atoms with E-state index in [1.54, 1.807) is 28.9 Å². The molecule has 92 valence electrons. The Kier molecular flexibility index (Phi) is 2.53. The summed E-state index contributed by atoms with van der Waals surface area (Å²) < 4.78 is 15.0. The van der Waals surface area contributed by atoms with Crippen LogP contribution in [0.3, 0.4) is 0 Å². The molecule has 2 aromatic carbocycles. The van der Waals surface area contributed by atoms with Crippen LogP contribution in [0.15, 0.2) is 42.5 Å². The van der Waals surface area contributed by atoms with E-state index < -0.39 is 0 Å². The average molecular weight is 251 g/mol. The first-order chi connectivity index (χ1) is 9.20. The van der Waals surface area contributed by atoms with E-state index >= 15 is 0 Å². The largest absolute Gasteiger partial charge is 0.231 e. The molecule has 0 fully saturated rings. The van der Waals surface area contributed by atoms with Gasteiger partial charge in [-0.1, -0.05) is 12.1 Å². The van der Waals surface area contributed by atoms with Crippen LogP contribution in [-0.4, -0.2) is 9.78 Å². The normalized spacial score (nSPS) is 10.6.